The summed E-state index contributed by atoms with van der Waals surface area (Å²) < 4.78 is 22.8. The monoisotopic (exact) mass is 517 g/mol. The van der Waals surface area contributed by atoms with Gasteiger partial charge in [0.1, 0.15) is 6.04 Å². The average molecular weight is 518 g/mol. The smallest absolute Gasteiger partial charge is 0.338 e. The second-order valence-corrected chi connectivity index (χ2v) is 8.54. The number of rotatable bonds is 7. The minimum atomic E-state index is -1.30. The summed E-state index contributed by atoms with van der Waals surface area (Å²) in [5, 5.41) is 0. The Morgan fingerprint density at radius 1 is 0.711 bits per heavy atom. The number of hydrogen-bond acceptors (Lipinski definition) is 8. The molecular formula is C29H27NO8. The Kier molecular flexibility index (Phi) is 8.62. The number of benzene rings is 3. The Hall–Kier alpha value is -4.34. The molecule has 4 atom stereocenters. The van der Waals surface area contributed by atoms with Crippen LogP contribution in [0.2, 0.25) is 0 Å². The van der Waals surface area contributed by atoms with E-state index in [9.17, 15) is 19.2 Å². The Labute approximate surface area is 219 Å². The van der Waals surface area contributed by atoms with Crippen LogP contribution in [0.25, 0.3) is 0 Å². The second-order valence-electron chi connectivity index (χ2n) is 8.54. The molecule has 0 saturated carbocycles. The fourth-order valence-corrected chi connectivity index (χ4v) is 4.23. The first kappa shape index (κ1) is 26.7. The lowest BCUT2D eigenvalue weighted by Crippen LogP contribution is -2.64. The molecular weight excluding hydrogens is 490 g/mol. The average Bonchev–Trinajstić information content (AvgIpc) is 2.95. The largest absolute Gasteiger partial charge is 0.452 e. The molecule has 3 aromatic rings. The van der Waals surface area contributed by atoms with Crippen molar-refractivity contribution in [3.63, 3.8) is 0 Å². The van der Waals surface area contributed by atoms with E-state index in [2.05, 4.69) is 0 Å². The molecule has 1 heterocycles. The molecule has 9 heteroatoms. The third-order valence-corrected chi connectivity index (χ3v) is 6.05. The zero-order chi connectivity index (χ0) is 27.1. The molecule has 1 saturated heterocycles. The van der Waals surface area contributed by atoms with Crippen LogP contribution >= 0.6 is 0 Å². The molecule has 0 aromatic heterocycles. The highest BCUT2D eigenvalue weighted by molar-refractivity contribution is 6.04. The van der Waals surface area contributed by atoms with Gasteiger partial charge in [-0.1, -0.05) is 54.6 Å². The maximum Gasteiger partial charge on any atom is 0.338 e. The van der Waals surface area contributed by atoms with Gasteiger partial charge < -0.3 is 18.9 Å². The molecule has 4 rings (SSSR count). The number of imide groups is 1. The Bertz CT molecular complexity index is 1270. The molecule has 1 fully saturated rings. The SMILES string of the molecule is COC1OCC(N(C(C)=O)C(=O)c2ccccc2)C(OC(=O)c2ccccc2)C1OC(=O)c1ccccc1. The van der Waals surface area contributed by atoms with Crippen molar-refractivity contribution >= 4 is 23.8 Å². The van der Waals surface area contributed by atoms with Gasteiger partial charge in [-0.15, -0.1) is 0 Å². The van der Waals surface area contributed by atoms with Crippen LogP contribution in [-0.2, 0) is 23.7 Å². The number of ether oxygens (including phenoxy) is 4. The van der Waals surface area contributed by atoms with E-state index in [1.54, 1.807) is 91.0 Å². The summed E-state index contributed by atoms with van der Waals surface area (Å²) in [4.78, 5) is 53.4. The Morgan fingerprint density at radius 3 is 1.61 bits per heavy atom. The molecule has 9 nitrogen and oxygen atoms in total. The molecule has 0 bridgehead atoms. The Balaban J connectivity index is 1.73. The molecule has 0 N–H and O–H groups in total. The van der Waals surface area contributed by atoms with Gasteiger partial charge in [0, 0.05) is 19.6 Å². The third-order valence-electron chi connectivity index (χ3n) is 6.05. The van der Waals surface area contributed by atoms with Crippen LogP contribution in [0.4, 0.5) is 0 Å². The predicted octanol–water partition coefficient (Wildman–Crippen LogP) is 3.50. The minimum absolute atomic E-state index is 0.219. The van der Waals surface area contributed by atoms with E-state index in [4.69, 9.17) is 18.9 Å². The first-order valence-electron chi connectivity index (χ1n) is 12.0. The molecule has 4 unspecified atom stereocenters. The van der Waals surface area contributed by atoms with Gasteiger partial charge >= 0.3 is 11.9 Å². The predicted molar refractivity (Wildman–Crippen MR) is 135 cm³/mol. The minimum Gasteiger partial charge on any atom is -0.452 e. The van der Waals surface area contributed by atoms with E-state index in [0.29, 0.717) is 0 Å². The summed E-state index contributed by atoms with van der Waals surface area (Å²) in [6.07, 6.45) is -3.73. The molecule has 2 amide bonds. The summed E-state index contributed by atoms with van der Waals surface area (Å²) in [5.41, 5.74) is 0.743. The highest BCUT2D eigenvalue weighted by Crippen LogP contribution is 2.28. The van der Waals surface area contributed by atoms with Crippen molar-refractivity contribution in [1.29, 1.82) is 0 Å². The number of nitrogens with zero attached hydrogens (tertiary/aromatic N) is 1. The summed E-state index contributed by atoms with van der Waals surface area (Å²) in [5.74, 6) is -2.66. The van der Waals surface area contributed by atoms with E-state index in [1.165, 1.54) is 14.0 Å². The zero-order valence-corrected chi connectivity index (χ0v) is 20.9. The van der Waals surface area contributed by atoms with Crippen LogP contribution in [0.15, 0.2) is 91.0 Å². The van der Waals surface area contributed by atoms with E-state index >= 15 is 0 Å². The van der Waals surface area contributed by atoms with Crippen molar-refractivity contribution in [2.24, 2.45) is 0 Å². The standard InChI is InChI=1S/C29H27NO8/c1-19(31)30(26(32)20-12-6-3-7-13-20)23-18-36-29(35-2)25(38-28(34)22-16-10-5-11-17-22)24(23)37-27(33)21-14-8-4-9-15-21/h3-17,23-25,29H,18H2,1-2H3. The second kappa shape index (κ2) is 12.3. The first-order valence-corrected chi connectivity index (χ1v) is 12.0. The van der Waals surface area contributed by atoms with Crippen molar-refractivity contribution in [3.05, 3.63) is 108 Å². The van der Waals surface area contributed by atoms with Crippen molar-refractivity contribution < 1.29 is 38.1 Å². The molecule has 1 aliphatic heterocycles. The number of carbonyl (C=O) groups is 4. The summed E-state index contributed by atoms with van der Waals surface area (Å²) in [6.45, 7) is 1.01. The lowest BCUT2D eigenvalue weighted by molar-refractivity contribution is -0.247. The fourth-order valence-electron chi connectivity index (χ4n) is 4.23. The maximum absolute atomic E-state index is 13.5. The molecule has 38 heavy (non-hydrogen) atoms. The van der Waals surface area contributed by atoms with Crippen molar-refractivity contribution in [2.75, 3.05) is 13.7 Å². The normalized spacial score (nSPS) is 20.7. The van der Waals surface area contributed by atoms with Crippen LogP contribution < -0.4 is 0 Å². The quantitative estimate of drug-likeness (QED) is 0.438. The van der Waals surface area contributed by atoms with E-state index in [1.807, 2.05) is 0 Å². The number of carbonyl (C=O) groups excluding carboxylic acids is 4. The van der Waals surface area contributed by atoms with Gasteiger partial charge in [-0.25, -0.2) is 9.59 Å². The zero-order valence-electron chi connectivity index (χ0n) is 20.9. The van der Waals surface area contributed by atoms with Gasteiger partial charge in [0.05, 0.1) is 17.7 Å². The van der Waals surface area contributed by atoms with Gasteiger partial charge in [-0.3, -0.25) is 14.5 Å². The van der Waals surface area contributed by atoms with E-state index < -0.39 is 48.3 Å². The van der Waals surface area contributed by atoms with Gasteiger partial charge in [-0.2, -0.15) is 0 Å². The third kappa shape index (κ3) is 5.96. The van der Waals surface area contributed by atoms with Crippen molar-refractivity contribution in [1.82, 2.24) is 4.90 Å². The van der Waals surface area contributed by atoms with Gasteiger partial charge in [0.25, 0.3) is 5.91 Å². The van der Waals surface area contributed by atoms with E-state index in [-0.39, 0.29) is 23.3 Å². The summed E-state index contributed by atoms with van der Waals surface area (Å²) >= 11 is 0. The van der Waals surface area contributed by atoms with Crippen LogP contribution in [-0.4, -0.2) is 66.9 Å². The molecule has 0 radical (unpaired) electrons. The maximum atomic E-state index is 13.5. The number of hydrogen-bond donors (Lipinski definition) is 0. The summed E-state index contributed by atoms with van der Waals surface area (Å²) in [7, 11) is 1.35. The van der Waals surface area contributed by atoms with Gasteiger partial charge in [-0.05, 0) is 36.4 Å². The van der Waals surface area contributed by atoms with Gasteiger partial charge in [0.15, 0.2) is 18.5 Å². The molecule has 0 aliphatic carbocycles. The van der Waals surface area contributed by atoms with Crippen LogP contribution in [0.5, 0.6) is 0 Å². The first-order chi connectivity index (χ1) is 18.4. The topological polar surface area (TPSA) is 108 Å². The number of amides is 2. The summed E-state index contributed by atoms with van der Waals surface area (Å²) in [6, 6.07) is 23.5. The van der Waals surface area contributed by atoms with E-state index in [0.717, 1.165) is 4.90 Å². The van der Waals surface area contributed by atoms with Crippen LogP contribution in [0.1, 0.15) is 38.0 Å². The lowest BCUT2D eigenvalue weighted by Gasteiger charge is -2.43. The lowest BCUT2D eigenvalue weighted by atomic mass is 9.98. The van der Waals surface area contributed by atoms with Crippen molar-refractivity contribution in [3.8, 4) is 0 Å². The Morgan fingerprint density at radius 2 is 1.16 bits per heavy atom. The highest BCUT2D eigenvalue weighted by Gasteiger charge is 2.50. The van der Waals surface area contributed by atoms with Crippen LogP contribution in [0, 0.1) is 0 Å². The van der Waals surface area contributed by atoms with Crippen LogP contribution in [0.3, 0.4) is 0 Å². The molecule has 3 aromatic carbocycles. The highest BCUT2D eigenvalue weighted by atomic mass is 16.7. The fraction of sp³-hybridized carbons (Fsp3) is 0.241. The molecule has 196 valence electrons. The molecule has 1 aliphatic rings. The number of methoxy groups -OCH3 is 1. The van der Waals surface area contributed by atoms with Gasteiger partial charge in [0.2, 0.25) is 5.91 Å². The van der Waals surface area contributed by atoms with Crippen molar-refractivity contribution in [2.45, 2.75) is 31.5 Å². The number of esters is 2. The molecule has 0 spiro atoms.